The quantitative estimate of drug-likeness (QED) is 0.938. The minimum Gasteiger partial charge on any atom is -0.326 e. The molecule has 1 fully saturated rings. The van der Waals surface area contributed by atoms with Crippen molar-refractivity contribution in [1.29, 1.82) is 0 Å². The Kier molecular flexibility index (Phi) is 5.50. The normalized spacial score (nSPS) is 22.0. The molecule has 2 atom stereocenters. The maximum absolute atomic E-state index is 12.5. The highest BCUT2D eigenvalue weighted by atomic mass is 35.5. The molecular weight excluding hydrogens is 310 g/mol. The summed E-state index contributed by atoms with van der Waals surface area (Å²) in [5.74, 6) is 0.281. The third-order valence-electron chi connectivity index (χ3n) is 3.92. The van der Waals surface area contributed by atoms with Crippen LogP contribution in [-0.4, -0.2) is 33.8 Å². The highest BCUT2D eigenvalue weighted by molar-refractivity contribution is 5.85. The van der Waals surface area contributed by atoms with E-state index in [1.165, 1.54) is 11.8 Å². The first-order chi connectivity index (χ1) is 10.1. The predicted octanol–water partition coefficient (Wildman–Crippen LogP) is 2.63. The lowest BCUT2D eigenvalue weighted by atomic mass is 9.95. The van der Waals surface area contributed by atoms with Gasteiger partial charge in [-0.25, -0.2) is 4.68 Å². The maximum Gasteiger partial charge on any atom is 0.333 e. The zero-order valence-corrected chi connectivity index (χ0v) is 12.8. The number of nitrogens with two attached hydrogens (primary N) is 1. The van der Waals surface area contributed by atoms with E-state index in [4.69, 9.17) is 5.73 Å². The average Bonchev–Trinajstić information content (AvgIpc) is 3.07. The topological polar surface area (TPSA) is 47.1 Å². The largest absolute Gasteiger partial charge is 0.333 e. The Hall–Kier alpha value is -1.50. The Balaban J connectivity index is 0.00000176. The summed E-state index contributed by atoms with van der Waals surface area (Å²) in [7, 11) is 0. The Morgan fingerprint density at radius 3 is 2.55 bits per heavy atom. The van der Waals surface area contributed by atoms with Gasteiger partial charge in [0.2, 0.25) is 0 Å². The van der Waals surface area contributed by atoms with E-state index in [2.05, 4.69) is 22.1 Å². The van der Waals surface area contributed by atoms with Gasteiger partial charge in [-0.2, -0.15) is 13.9 Å². The number of likely N-dealkylation sites (tertiary alicyclic amines) is 1. The predicted molar refractivity (Wildman–Crippen MR) is 83.2 cm³/mol. The molecule has 0 amide bonds. The van der Waals surface area contributed by atoms with Gasteiger partial charge in [-0.05, 0) is 11.6 Å². The first-order valence-corrected chi connectivity index (χ1v) is 6.98. The molecule has 7 heteroatoms. The lowest BCUT2D eigenvalue weighted by Gasteiger charge is -2.15. The monoisotopic (exact) mass is 328 g/mol. The number of hydrogen-bond donors (Lipinski definition) is 1. The molecule has 1 saturated heterocycles. The van der Waals surface area contributed by atoms with Crippen molar-refractivity contribution in [2.75, 3.05) is 13.1 Å². The minimum atomic E-state index is -2.59. The van der Waals surface area contributed by atoms with Crippen molar-refractivity contribution in [2.24, 2.45) is 5.73 Å². The van der Waals surface area contributed by atoms with Gasteiger partial charge in [0.15, 0.2) is 0 Å². The SMILES string of the molecule is Cl.N[C@@H]1CN(Cc2ccn(C(F)F)n2)C[C@H]1c1ccccc1. The van der Waals surface area contributed by atoms with Gasteiger partial charge in [0.1, 0.15) is 0 Å². The van der Waals surface area contributed by atoms with E-state index in [1.54, 1.807) is 6.07 Å². The molecule has 0 spiro atoms. The molecule has 2 N–H and O–H groups in total. The lowest BCUT2D eigenvalue weighted by molar-refractivity contribution is 0.0558. The Bertz CT molecular complexity index is 590. The van der Waals surface area contributed by atoms with E-state index in [1.807, 2.05) is 18.2 Å². The number of hydrogen-bond acceptors (Lipinski definition) is 3. The molecule has 1 aromatic heterocycles. The van der Waals surface area contributed by atoms with Crippen molar-refractivity contribution in [1.82, 2.24) is 14.7 Å². The number of nitrogens with zero attached hydrogens (tertiary/aromatic N) is 3. The van der Waals surface area contributed by atoms with Crippen molar-refractivity contribution < 1.29 is 8.78 Å². The van der Waals surface area contributed by atoms with E-state index in [0.717, 1.165) is 13.1 Å². The zero-order valence-electron chi connectivity index (χ0n) is 12.0. The molecular formula is C15H19ClF2N4. The van der Waals surface area contributed by atoms with E-state index in [-0.39, 0.29) is 24.4 Å². The number of halogens is 3. The molecule has 2 aromatic rings. The van der Waals surface area contributed by atoms with Gasteiger partial charge in [-0.15, -0.1) is 12.4 Å². The highest BCUT2D eigenvalue weighted by Crippen LogP contribution is 2.27. The third kappa shape index (κ3) is 3.63. The zero-order chi connectivity index (χ0) is 14.8. The van der Waals surface area contributed by atoms with Crippen LogP contribution in [0.2, 0.25) is 0 Å². The molecule has 0 bridgehead atoms. The van der Waals surface area contributed by atoms with Crippen LogP contribution in [0.3, 0.4) is 0 Å². The fourth-order valence-electron chi connectivity index (χ4n) is 2.89. The van der Waals surface area contributed by atoms with Crippen molar-refractivity contribution >= 4 is 12.4 Å². The van der Waals surface area contributed by atoms with Gasteiger partial charge in [-0.3, -0.25) is 4.90 Å². The summed E-state index contributed by atoms with van der Waals surface area (Å²) in [6.45, 7) is -0.457. The Morgan fingerprint density at radius 2 is 1.91 bits per heavy atom. The molecule has 1 aliphatic heterocycles. The summed E-state index contributed by atoms with van der Waals surface area (Å²) in [5.41, 5.74) is 8.10. The van der Waals surface area contributed by atoms with Crippen LogP contribution >= 0.6 is 12.4 Å². The van der Waals surface area contributed by atoms with Crippen LogP contribution in [0, 0.1) is 0 Å². The van der Waals surface area contributed by atoms with Crippen molar-refractivity contribution in [3.63, 3.8) is 0 Å². The Labute approximate surface area is 134 Å². The molecule has 2 heterocycles. The summed E-state index contributed by atoms with van der Waals surface area (Å²) in [6, 6.07) is 11.9. The second-order valence-corrected chi connectivity index (χ2v) is 5.44. The summed E-state index contributed by atoms with van der Waals surface area (Å²) in [5, 5.41) is 3.88. The second-order valence-electron chi connectivity index (χ2n) is 5.44. The molecule has 0 saturated carbocycles. The number of benzene rings is 1. The molecule has 4 nitrogen and oxygen atoms in total. The number of aromatic nitrogens is 2. The van der Waals surface area contributed by atoms with Crippen LogP contribution in [0.4, 0.5) is 8.78 Å². The van der Waals surface area contributed by atoms with Crippen molar-refractivity contribution in [3.8, 4) is 0 Å². The number of alkyl halides is 2. The van der Waals surface area contributed by atoms with E-state index in [9.17, 15) is 8.78 Å². The van der Waals surface area contributed by atoms with Gasteiger partial charge in [0.05, 0.1) is 5.69 Å². The minimum absolute atomic E-state index is 0. The first kappa shape index (κ1) is 16.9. The van der Waals surface area contributed by atoms with Crippen LogP contribution in [0.1, 0.15) is 23.7 Å². The van der Waals surface area contributed by atoms with Crippen LogP contribution in [0.15, 0.2) is 42.6 Å². The summed E-state index contributed by atoms with van der Waals surface area (Å²) >= 11 is 0. The average molecular weight is 329 g/mol. The standard InChI is InChI=1S/C15H18F2N4.ClH/c16-15(17)21-7-6-12(19-21)8-20-9-13(14(18)10-20)11-4-2-1-3-5-11;/h1-7,13-15H,8-10,18H2;1H/t13-,14+;/m0./s1. The second kappa shape index (κ2) is 7.17. The fraction of sp³-hybridized carbons (Fsp3) is 0.400. The molecule has 0 unspecified atom stereocenters. The van der Waals surface area contributed by atoms with Crippen molar-refractivity contribution in [3.05, 3.63) is 53.9 Å². The smallest absolute Gasteiger partial charge is 0.326 e. The van der Waals surface area contributed by atoms with Gasteiger partial charge in [0, 0.05) is 37.8 Å². The summed E-state index contributed by atoms with van der Waals surface area (Å²) < 4.78 is 25.7. The van der Waals surface area contributed by atoms with Crippen LogP contribution in [0.25, 0.3) is 0 Å². The fourth-order valence-corrected chi connectivity index (χ4v) is 2.89. The highest BCUT2D eigenvalue weighted by Gasteiger charge is 2.31. The Morgan fingerprint density at radius 1 is 1.18 bits per heavy atom. The number of rotatable bonds is 4. The van der Waals surface area contributed by atoms with Crippen LogP contribution in [0.5, 0.6) is 0 Å². The first-order valence-electron chi connectivity index (χ1n) is 6.98. The molecule has 120 valence electrons. The van der Waals surface area contributed by atoms with Gasteiger partial charge >= 0.3 is 6.55 Å². The van der Waals surface area contributed by atoms with Crippen LogP contribution < -0.4 is 5.73 Å². The van der Waals surface area contributed by atoms with Crippen LogP contribution in [-0.2, 0) is 6.54 Å². The van der Waals surface area contributed by atoms with Gasteiger partial charge in [0.25, 0.3) is 0 Å². The molecule has 0 radical (unpaired) electrons. The summed E-state index contributed by atoms with van der Waals surface area (Å²) in [4.78, 5) is 2.17. The van der Waals surface area contributed by atoms with Crippen molar-refractivity contribution in [2.45, 2.75) is 25.1 Å². The van der Waals surface area contributed by atoms with E-state index in [0.29, 0.717) is 16.9 Å². The summed E-state index contributed by atoms with van der Waals surface area (Å²) in [6.07, 6.45) is 1.31. The molecule has 1 aromatic carbocycles. The van der Waals surface area contributed by atoms with E-state index >= 15 is 0 Å². The lowest BCUT2D eigenvalue weighted by Crippen LogP contribution is -2.28. The molecule has 22 heavy (non-hydrogen) atoms. The molecule has 1 aliphatic rings. The third-order valence-corrected chi connectivity index (χ3v) is 3.92. The van der Waals surface area contributed by atoms with Gasteiger partial charge < -0.3 is 5.73 Å². The molecule has 0 aliphatic carbocycles. The van der Waals surface area contributed by atoms with Gasteiger partial charge in [-0.1, -0.05) is 30.3 Å². The van der Waals surface area contributed by atoms with E-state index < -0.39 is 6.55 Å². The maximum atomic E-state index is 12.5. The molecule has 3 rings (SSSR count).